The lowest BCUT2D eigenvalue weighted by Gasteiger charge is -2.32. The zero-order valence-corrected chi connectivity index (χ0v) is 10.8. The third-order valence-electron chi connectivity index (χ3n) is 3.20. The van der Waals surface area contributed by atoms with E-state index in [0.29, 0.717) is 0 Å². The fourth-order valence-corrected chi connectivity index (χ4v) is 2.32. The SMILES string of the molecule is Cc1ccc(CN2CCN(C)CC2)c(Cl)c1. The molecule has 1 aromatic rings. The summed E-state index contributed by atoms with van der Waals surface area (Å²) in [5, 5.41) is 0.902. The van der Waals surface area contributed by atoms with Gasteiger partial charge in [0, 0.05) is 37.7 Å². The standard InChI is InChI=1S/C13H19ClN2/c1-11-3-4-12(13(14)9-11)10-16-7-5-15(2)6-8-16/h3-4,9H,5-8,10H2,1-2H3. The Bertz CT molecular complexity index is 357. The number of piperazine rings is 1. The lowest BCUT2D eigenvalue weighted by atomic mass is 10.1. The number of rotatable bonds is 2. The van der Waals surface area contributed by atoms with Crippen LogP contribution in [0.15, 0.2) is 18.2 Å². The second-order valence-electron chi connectivity index (χ2n) is 4.67. The van der Waals surface area contributed by atoms with Gasteiger partial charge >= 0.3 is 0 Å². The van der Waals surface area contributed by atoms with Crippen LogP contribution in [0.1, 0.15) is 11.1 Å². The van der Waals surface area contributed by atoms with E-state index in [1.807, 2.05) is 6.07 Å². The van der Waals surface area contributed by atoms with Crippen LogP contribution in [-0.2, 0) is 6.54 Å². The van der Waals surface area contributed by atoms with Gasteiger partial charge in [0.2, 0.25) is 0 Å². The first kappa shape index (κ1) is 11.9. The van der Waals surface area contributed by atoms with Crippen molar-refractivity contribution in [1.82, 2.24) is 9.80 Å². The molecule has 16 heavy (non-hydrogen) atoms. The maximum Gasteiger partial charge on any atom is 0.0453 e. The number of aryl methyl sites for hydroxylation is 1. The highest BCUT2D eigenvalue weighted by Gasteiger charge is 2.14. The predicted molar refractivity (Wildman–Crippen MR) is 69.0 cm³/mol. The van der Waals surface area contributed by atoms with Gasteiger partial charge in [-0.1, -0.05) is 23.7 Å². The maximum absolute atomic E-state index is 6.24. The molecule has 0 radical (unpaired) electrons. The van der Waals surface area contributed by atoms with Crippen molar-refractivity contribution in [2.24, 2.45) is 0 Å². The Morgan fingerprint density at radius 3 is 2.50 bits per heavy atom. The minimum absolute atomic E-state index is 0.902. The second kappa shape index (κ2) is 5.17. The van der Waals surface area contributed by atoms with E-state index in [4.69, 9.17) is 11.6 Å². The zero-order chi connectivity index (χ0) is 11.5. The van der Waals surface area contributed by atoms with Crippen molar-refractivity contribution in [3.63, 3.8) is 0 Å². The van der Waals surface area contributed by atoms with Crippen LogP contribution >= 0.6 is 11.6 Å². The van der Waals surface area contributed by atoms with Gasteiger partial charge in [0.25, 0.3) is 0 Å². The van der Waals surface area contributed by atoms with Crippen molar-refractivity contribution in [3.05, 3.63) is 34.3 Å². The topological polar surface area (TPSA) is 6.48 Å². The highest BCUT2D eigenvalue weighted by Crippen LogP contribution is 2.19. The van der Waals surface area contributed by atoms with E-state index >= 15 is 0 Å². The molecule has 0 atom stereocenters. The van der Waals surface area contributed by atoms with Crippen molar-refractivity contribution in [2.45, 2.75) is 13.5 Å². The van der Waals surface area contributed by atoms with Gasteiger partial charge in [-0.3, -0.25) is 4.90 Å². The van der Waals surface area contributed by atoms with Gasteiger partial charge in [-0.25, -0.2) is 0 Å². The molecule has 1 saturated heterocycles. The Morgan fingerprint density at radius 2 is 1.88 bits per heavy atom. The summed E-state index contributed by atoms with van der Waals surface area (Å²) in [7, 11) is 2.18. The van der Waals surface area contributed by atoms with Crippen molar-refractivity contribution in [1.29, 1.82) is 0 Å². The van der Waals surface area contributed by atoms with Gasteiger partial charge in [0.05, 0.1) is 0 Å². The molecule has 1 aliphatic heterocycles. The number of halogens is 1. The van der Waals surface area contributed by atoms with Crippen LogP contribution in [-0.4, -0.2) is 43.0 Å². The zero-order valence-electron chi connectivity index (χ0n) is 10.0. The largest absolute Gasteiger partial charge is 0.304 e. The monoisotopic (exact) mass is 238 g/mol. The normalized spacial score (nSPS) is 18.9. The molecule has 0 amide bonds. The molecule has 0 aromatic heterocycles. The quantitative estimate of drug-likeness (QED) is 0.781. The minimum Gasteiger partial charge on any atom is -0.304 e. The van der Waals surface area contributed by atoms with Crippen molar-refractivity contribution in [3.8, 4) is 0 Å². The van der Waals surface area contributed by atoms with Gasteiger partial charge < -0.3 is 4.90 Å². The second-order valence-corrected chi connectivity index (χ2v) is 5.08. The minimum atomic E-state index is 0.902. The number of hydrogen-bond donors (Lipinski definition) is 0. The number of nitrogens with zero attached hydrogens (tertiary/aromatic N) is 2. The van der Waals surface area contributed by atoms with Crippen LogP contribution in [0.2, 0.25) is 5.02 Å². The molecular formula is C13H19ClN2. The van der Waals surface area contributed by atoms with Gasteiger partial charge in [0.15, 0.2) is 0 Å². The highest BCUT2D eigenvalue weighted by atomic mass is 35.5. The maximum atomic E-state index is 6.24. The van der Waals surface area contributed by atoms with Gasteiger partial charge in [-0.15, -0.1) is 0 Å². The Kier molecular flexibility index (Phi) is 3.85. The third-order valence-corrected chi connectivity index (χ3v) is 3.55. The Labute approximate surface area is 103 Å². The molecule has 2 nitrogen and oxygen atoms in total. The van der Waals surface area contributed by atoms with Crippen LogP contribution < -0.4 is 0 Å². The number of hydrogen-bond acceptors (Lipinski definition) is 2. The molecule has 0 aliphatic carbocycles. The summed E-state index contributed by atoms with van der Waals surface area (Å²) in [4.78, 5) is 4.84. The van der Waals surface area contributed by atoms with Crippen LogP contribution in [0, 0.1) is 6.92 Å². The van der Waals surface area contributed by atoms with E-state index in [9.17, 15) is 0 Å². The fourth-order valence-electron chi connectivity index (χ4n) is 2.03. The van der Waals surface area contributed by atoms with E-state index in [0.717, 1.165) is 37.7 Å². The molecule has 0 unspecified atom stereocenters. The first-order chi connectivity index (χ1) is 7.65. The molecular weight excluding hydrogens is 220 g/mol. The summed E-state index contributed by atoms with van der Waals surface area (Å²) in [5.41, 5.74) is 2.48. The predicted octanol–water partition coefficient (Wildman–Crippen LogP) is 2.40. The molecule has 1 aromatic carbocycles. The van der Waals surface area contributed by atoms with Gasteiger partial charge in [0.1, 0.15) is 0 Å². The fraction of sp³-hybridized carbons (Fsp3) is 0.538. The molecule has 0 bridgehead atoms. The average Bonchev–Trinajstić information content (AvgIpc) is 2.25. The molecule has 2 rings (SSSR count). The van der Waals surface area contributed by atoms with E-state index < -0.39 is 0 Å². The molecule has 1 fully saturated rings. The molecule has 1 aliphatic rings. The number of likely N-dealkylation sites (N-methyl/N-ethyl adjacent to an activating group) is 1. The summed E-state index contributed by atoms with van der Waals surface area (Å²) in [6.45, 7) is 7.65. The first-order valence-corrected chi connectivity index (χ1v) is 6.19. The lowest BCUT2D eigenvalue weighted by molar-refractivity contribution is 0.148. The molecule has 88 valence electrons. The smallest absolute Gasteiger partial charge is 0.0453 e. The van der Waals surface area contributed by atoms with E-state index in [2.05, 4.69) is 35.9 Å². The summed E-state index contributed by atoms with van der Waals surface area (Å²) < 4.78 is 0. The van der Waals surface area contributed by atoms with Crippen LogP contribution in [0.5, 0.6) is 0 Å². The van der Waals surface area contributed by atoms with Crippen LogP contribution in [0.4, 0.5) is 0 Å². The number of benzene rings is 1. The summed E-state index contributed by atoms with van der Waals surface area (Å²) >= 11 is 6.24. The van der Waals surface area contributed by atoms with Crippen LogP contribution in [0.25, 0.3) is 0 Å². The molecule has 1 heterocycles. The Balaban J connectivity index is 1.98. The molecule has 3 heteroatoms. The van der Waals surface area contributed by atoms with Crippen molar-refractivity contribution < 1.29 is 0 Å². The van der Waals surface area contributed by atoms with Crippen molar-refractivity contribution in [2.75, 3.05) is 33.2 Å². The Morgan fingerprint density at radius 1 is 1.19 bits per heavy atom. The molecule has 0 N–H and O–H groups in total. The Hall–Kier alpha value is -0.570. The van der Waals surface area contributed by atoms with E-state index in [1.54, 1.807) is 0 Å². The highest BCUT2D eigenvalue weighted by molar-refractivity contribution is 6.31. The first-order valence-electron chi connectivity index (χ1n) is 5.81. The van der Waals surface area contributed by atoms with Crippen LogP contribution in [0.3, 0.4) is 0 Å². The van der Waals surface area contributed by atoms with Gasteiger partial charge in [-0.05, 0) is 31.2 Å². The average molecular weight is 239 g/mol. The summed E-state index contributed by atoms with van der Waals surface area (Å²) in [6, 6.07) is 6.33. The molecule has 0 spiro atoms. The van der Waals surface area contributed by atoms with Crippen molar-refractivity contribution >= 4 is 11.6 Å². The van der Waals surface area contributed by atoms with Gasteiger partial charge in [-0.2, -0.15) is 0 Å². The lowest BCUT2D eigenvalue weighted by Crippen LogP contribution is -2.43. The van der Waals surface area contributed by atoms with E-state index in [-0.39, 0.29) is 0 Å². The molecule has 0 saturated carbocycles. The van der Waals surface area contributed by atoms with E-state index in [1.165, 1.54) is 11.1 Å². The third kappa shape index (κ3) is 2.97. The summed E-state index contributed by atoms with van der Waals surface area (Å²) in [6.07, 6.45) is 0. The summed E-state index contributed by atoms with van der Waals surface area (Å²) in [5.74, 6) is 0.